The Labute approximate surface area is 67.7 Å². The zero-order valence-corrected chi connectivity index (χ0v) is 7.09. The monoisotopic (exact) mass is 150 g/mol. The number of hydrogen-bond acceptors (Lipinski definition) is 1. The SMILES string of the molecule is C=CC.C=Cc1ncc(C)[nH]1. The summed E-state index contributed by atoms with van der Waals surface area (Å²) in [5.74, 6) is 0.836. The summed E-state index contributed by atoms with van der Waals surface area (Å²) in [7, 11) is 0. The van der Waals surface area contributed by atoms with Crippen molar-refractivity contribution in [1.29, 1.82) is 0 Å². The standard InChI is InChI=1S/C6H8N2.C3H6/c1-3-6-7-4-5(2)8-6;1-3-2/h3-4H,1H2,2H3,(H,7,8);3H,1H2,2H3. The van der Waals surface area contributed by atoms with Gasteiger partial charge in [-0.3, -0.25) is 0 Å². The third kappa shape index (κ3) is 4.14. The quantitative estimate of drug-likeness (QED) is 0.612. The van der Waals surface area contributed by atoms with Crippen molar-refractivity contribution in [2.45, 2.75) is 13.8 Å². The fraction of sp³-hybridized carbons (Fsp3) is 0.222. The first-order valence-corrected chi connectivity index (χ1v) is 3.45. The van der Waals surface area contributed by atoms with Gasteiger partial charge in [0.05, 0.1) is 0 Å². The lowest BCUT2D eigenvalue weighted by Crippen LogP contribution is -1.71. The fourth-order valence-electron chi connectivity index (χ4n) is 0.537. The van der Waals surface area contributed by atoms with Gasteiger partial charge in [0, 0.05) is 11.9 Å². The van der Waals surface area contributed by atoms with E-state index in [-0.39, 0.29) is 0 Å². The molecule has 1 aromatic heterocycles. The second-order valence-corrected chi connectivity index (χ2v) is 2.06. The normalized spacial score (nSPS) is 7.82. The first-order valence-electron chi connectivity index (χ1n) is 3.45. The lowest BCUT2D eigenvalue weighted by atomic mass is 10.6. The van der Waals surface area contributed by atoms with Crippen LogP contribution in [0.15, 0.2) is 25.4 Å². The lowest BCUT2D eigenvalue weighted by molar-refractivity contribution is 1.22. The molecular formula is C9H14N2. The van der Waals surface area contributed by atoms with Gasteiger partial charge in [-0.25, -0.2) is 4.98 Å². The average Bonchev–Trinajstić information content (AvgIpc) is 2.37. The van der Waals surface area contributed by atoms with Crippen molar-refractivity contribution in [3.63, 3.8) is 0 Å². The summed E-state index contributed by atoms with van der Waals surface area (Å²) in [5, 5.41) is 0. The molecule has 0 fully saturated rings. The zero-order valence-electron chi connectivity index (χ0n) is 7.09. The minimum absolute atomic E-state index is 0.836. The van der Waals surface area contributed by atoms with Crippen molar-refractivity contribution in [3.8, 4) is 0 Å². The van der Waals surface area contributed by atoms with Gasteiger partial charge >= 0.3 is 0 Å². The number of imidazole rings is 1. The second kappa shape index (κ2) is 5.47. The molecule has 1 rings (SSSR count). The van der Waals surface area contributed by atoms with Gasteiger partial charge in [-0.05, 0) is 19.9 Å². The highest BCUT2D eigenvalue weighted by Crippen LogP contribution is 1.93. The molecule has 0 aromatic carbocycles. The van der Waals surface area contributed by atoms with E-state index >= 15 is 0 Å². The molecule has 0 radical (unpaired) electrons. The van der Waals surface area contributed by atoms with E-state index in [0.717, 1.165) is 11.5 Å². The number of nitrogens with one attached hydrogen (secondary N) is 1. The molecule has 0 unspecified atom stereocenters. The molecule has 1 aromatic rings. The molecule has 11 heavy (non-hydrogen) atoms. The molecule has 1 N–H and O–H groups in total. The van der Waals surface area contributed by atoms with Gasteiger partial charge in [0.2, 0.25) is 0 Å². The van der Waals surface area contributed by atoms with Crippen molar-refractivity contribution < 1.29 is 0 Å². The minimum Gasteiger partial charge on any atom is -0.343 e. The van der Waals surface area contributed by atoms with Crippen LogP contribution < -0.4 is 0 Å². The van der Waals surface area contributed by atoms with Crippen LogP contribution in [0.5, 0.6) is 0 Å². The summed E-state index contributed by atoms with van der Waals surface area (Å²) in [6.07, 6.45) is 5.21. The number of aryl methyl sites for hydroxylation is 1. The Kier molecular flexibility index (Phi) is 4.82. The van der Waals surface area contributed by atoms with Crippen molar-refractivity contribution in [2.75, 3.05) is 0 Å². The van der Waals surface area contributed by atoms with Crippen molar-refractivity contribution in [2.24, 2.45) is 0 Å². The van der Waals surface area contributed by atoms with E-state index in [4.69, 9.17) is 0 Å². The predicted molar refractivity (Wildman–Crippen MR) is 49.3 cm³/mol. The maximum atomic E-state index is 3.96. The Morgan fingerprint density at radius 1 is 1.55 bits per heavy atom. The number of H-pyrrole nitrogens is 1. The smallest absolute Gasteiger partial charge is 0.129 e. The molecule has 2 heteroatoms. The van der Waals surface area contributed by atoms with Gasteiger partial charge in [-0.1, -0.05) is 12.7 Å². The largest absolute Gasteiger partial charge is 0.343 e. The summed E-state index contributed by atoms with van der Waals surface area (Å²) in [6, 6.07) is 0. The Morgan fingerprint density at radius 3 is 2.27 bits per heavy atom. The Bertz CT molecular complexity index is 223. The van der Waals surface area contributed by atoms with Crippen LogP contribution in [0.2, 0.25) is 0 Å². The van der Waals surface area contributed by atoms with Crippen LogP contribution >= 0.6 is 0 Å². The topological polar surface area (TPSA) is 28.7 Å². The molecule has 0 amide bonds. The highest BCUT2D eigenvalue weighted by atomic mass is 14.9. The van der Waals surface area contributed by atoms with Crippen LogP contribution in [0.3, 0.4) is 0 Å². The Balaban J connectivity index is 0.000000292. The molecule has 0 saturated carbocycles. The van der Waals surface area contributed by atoms with Crippen molar-refractivity contribution in [3.05, 3.63) is 36.9 Å². The summed E-state index contributed by atoms with van der Waals surface area (Å²) < 4.78 is 0. The van der Waals surface area contributed by atoms with E-state index in [9.17, 15) is 0 Å². The number of allylic oxidation sites excluding steroid dienone is 1. The van der Waals surface area contributed by atoms with E-state index < -0.39 is 0 Å². The summed E-state index contributed by atoms with van der Waals surface area (Å²) in [6.45, 7) is 10.8. The highest BCUT2D eigenvalue weighted by Gasteiger charge is 1.86. The molecule has 0 bridgehead atoms. The second-order valence-electron chi connectivity index (χ2n) is 2.06. The van der Waals surface area contributed by atoms with Gasteiger partial charge in [-0.2, -0.15) is 0 Å². The molecule has 0 aliphatic carbocycles. The molecule has 0 aliphatic heterocycles. The fourth-order valence-corrected chi connectivity index (χ4v) is 0.537. The maximum absolute atomic E-state index is 3.96. The number of hydrogen-bond donors (Lipinski definition) is 1. The third-order valence-corrected chi connectivity index (χ3v) is 0.916. The lowest BCUT2D eigenvalue weighted by Gasteiger charge is -1.77. The van der Waals surface area contributed by atoms with Gasteiger partial charge in [-0.15, -0.1) is 6.58 Å². The van der Waals surface area contributed by atoms with Crippen LogP contribution in [-0.2, 0) is 0 Å². The number of rotatable bonds is 1. The minimum atomic E-state index is 0.836. The van der Waals surface area contributed by atoms with Crippen LogP contribution in [0.25, 0.3) is 6.08 Å². The van der Waals surface area contributed by atoms with Crippen LogP contribution in [0.1, 0.15) is 18.4 Å². The number of nitrogens with zero attached hydrogens (tertiary/aromatic N) is 1. The summed E-state index contributed by atoms with van der Waals surface area (Å²) in [5.41, 5.74) is 1.07. The number of aromatic nitrogens is 2. The molecule has 60 valence electrons. The first kappa shape index (κ1) is 9.69. The number of aromatic amines is 1. The van der Waals surface area contributed by atoms with E-state index in [0.29, 0.717) is 0 Å². The maximum Gasteiger partial charge on any atom is 0.129 e. The molecule has 0 aliphatic rings. The highest BCUT2D eigenvalue weighted by molar-refractivity contribution is 5.35. The molecular weight excluding hydrogens is 136 g/mol. The van der Waals surface area contributed by atoms with Crippen LogP contribution in [0, 0.1) is 6.92 Å². The summed E-state index contributed by atoms with van der Waals surface area (Å²) >= 11 is 0. The Hall–Kier alpha value is -1.31. The molecule has 1 heterocycles. The zero-order chi connectivity index (χ0) is 8.69. The van der Waals surface area contributed by atoms with Gasteiger partial charge in [0.1, 0.15) is 5.82 Å². The van der Waals surface area contributed by atoms with Gasteiger partial charge < -0.3 is 4.98 Å². The predicted octanol–water partition coefficient (Wildman–Crippen LogP) is 2.55. The molecule has 0 atom stereocenters. The van der Waals surface area contributed by atoms with E-state index in [1.54, 1.807) is 18.3 Å². The summed E-state index contributed by atoms with van der Waals surface area (Å²) in [4.78, 5) is 6.96. The van der Waals surface area contributed by atoms with Crippen LogP contribution in [-0.4, -0.2) is 9.97 Å². The van der Waals surface area contributed by atoms with Crippen LogP contribution in [0.4, 0.5) is 0 Å². The van der Waals surface area contributed by atoms with Crippen molar-refractivity contribution in [1.82, 2.24) is 9.97 Å². The van der Waals surface area contributed by atoms with Gasteiger partial charge in [0.15, 0.2) is 0 Å². The molecule has 0 saturated heterocycles. The van der Waals surface area contributed by atoms with E-state index in [2.05, 4.69) is 23.1 Å². The molecule has 0 spiro atoms. The molecule has 2 nitrogen and oxygen atoms in total. The first-order chi connectivity index (χ1) is 5.24. The van der Waals surface area contributed by atoms with E-state index in [1.165, 1.54) is 0 Å². The van der Waals surface area contributed by atoms with Gasteiger partial charge in [0.25, 0.3) is 0 Å². The Morgan fingerprint density at radius 2 is 2.09 bits per heavy atom. The average molecular weight is 150 g/mol. The third-order valence-electron chi connectivity index (χ3n) is 0.916. The van der Waals surface area contributed by atoms with Crippen molar-refractivity contribution >= 4 is 6.08 Å². The van der Waals surface area contributed by atoms with E-state index in [1.807, 2.05) is 13.8 Å².